The lowest BCUT2D eigenvalue weighted by Gasteiger charge is -2.30. The lowest BCUT2D eigenvalue weighted by atomic mass is 9.92. The highest BCUT2D eigenvalue weighted by atomic mass is 16.6. The minimum atomic E-state index is -0.489. The molecule has 2 aromatic heterocycles. The second-order valence-corrected chi connectivity index (χ2v) is 9.24. The van der Waals surface area contributed by atoms with E-state index < -0.39 is 6.09 Å². The largest absolute Gasteiger partial charge is 0.487 e. The van der Waals surface area contributed by atoms with Gasteiger partial charge in [0.1, 0.15) is 18.4 Å². The Balaban J connectivity index is 1.50. The monoisotopic (exact) mass is 480 g/mol. The molecule has 0 radical (unpaired) electrons. The third-order valence-corrected chi connectivity index (χ3v) is 6.39. The summed E-state index contributed by atoms with van der Waals surface area (Å²) in [7, 11) is 0. The van der Waals surface area contributed by atoms with Gasteiger partial charge in [-0.2, -0.15) is 5.26 Å². The molecule has 7 nitrogen and oxygen atoms in total. The van der Waals surface area contributed by atoms with Crippen molar-refractivity contribution in [2.75, 3.05) is 5.32 Å². The highest BCUT2D eigenvalue weighted by Gasteiger charge is 2.28. The summed E-state index contributed by atoms with van der Waals surface area (Å²) in [5.41, 5.74) is 4.96. The van der Waals surface area contributed by atoms with Crippen LogP contribution in [-0.4, -0.2) is 21.7 Å². The number of pyridine rings is 1. The Morgan fingerprint density at radius 1 is 1.17 bits per heavy atom. The van der Waals surface area contributed by atoms with Gasteiger partial charge in [-0.05, 0) is 75.1 Å². The molecule has 0 saturated heterocycles. The summed E-state index contributed by atoms with van der Waals surface area (Å²) in [6.45, 7) is 3.99. The van der Waals surface area contributed by atoms with Gasteiger partial charge < -0.3 is 14.0 Å². The van der Waals surface area contributed by atoms with Crippen LogP contribution in [0.15, 0.2) is 66.9 Å². The molecular weight excluding hydrogens is 452 g/mol. The predicted molar refractivity (Wildman–Crippen MR) is 139 cm³/mol. The van der Waals surface area contributed by atoms with Crippen LogP contribution in [0.5, 0.6) is 5.75 Å². The van der Waals surface area contributed by atoms with Crippen molar-refractivity contribution < 1.29 is 14.3 Å². The number of carbonyl (C=O) groups excluding carboxylic acids is 1. The molecule has 1 saturated carbocycles. The summed E-state index contributed by atoms with van der Waals surface area (Å²) in [6, 6.07) is 22.0. The predicted octanol–water partition coefficient (Wildman–Crippen LogP) is 6.84. The Kier molecular flexibility index (Phi) is 6.59. The number of benzene rings is 2. The number of hydrogen-bond acceptors (Lipinski definition) is 5. The third kappa shape index (κ3) is 4.76. The van der Waals surface area contributed by atoms with Crippen LogP contribution in [0.1, 0.15) is 50.4 Å². The Bertz CT molecular complexity index is 1420. The van der Waals surface area contributed by atoms with Crippen molar-refractivity contribution in [3.05, 3.63) is 78.1 Å². The van der Waals surface area contributed by atoms with Crippen molar-refractivity contribution in [1.82, 2.24) is 9.55 Å². The molecule has 1 amide bonds. The Hall–Kier alpha value is -4.31. The number of nitriles is 1. The molecule has 1 aliphatic carbocycles. The molecule has 2 heterocycles. The van der Waals surface area contributed by atoms with Gasteiger partial charge in [-0.3, -0.25) is 10.3 Å². The van der Waals surface area contributed by atoms with Crippen molar-refractivity contribution in [2.45, 2.75) is 51.9 Å². The topological polar surface area (TPSA) is 89.2 Å². The van der Waals surface area contributed by atoms with Crippen molar-refractivity contribution in [1.29, 1.82) is 5.26 Å². The van der Waals surface area contributed by atoms with Crippen LogP contribution in [0.25, 0.3) is 22.2 Å². The van der Waals surface area contributed by atoms with Crippen LogP contribution < -0.4 is 10.1 Å². The molecule has 5 rings (SSSR count). The average Bonchev–Trinajstić information content (AvgIpc) is 3.15. The first kappa shape index (κ1) is 23.4. The van der Waals surface area contributed by atoms with E-state index >= 15 is 0 Å². The highest BCUT2D eigenvalue weighted by molar-refractivity contribution is 5.96. The van der Waals surface area contributed by atoms with Gasteiger partial charge in [0.05, 0.1) is 28.6 Å². The van der Waals surface area contributed by atoms with Crippen LogP contribution in [0.4, 0.5) is 10.5 Å². The third-order valence-electron chi connectivity index (χ3n) is 6.39. The van der Waals surface area contributed by atoms with E-state index in [9.17, 15) is 10.1 Å². The van der Waals surface area contributed by atoms with Crippen molar-refractivity contribution in [3.63, 3.8) is 0 Å². The maximum atomic E-state index is 12.0. The van der Waals surface area contributed by atoms with E-state index in [1.807, 2.05) is 60.7 Å². The maximum absolute atomic E-state index is 12.0. The average molecular weight is 481 g/mol. The van der Waals surface area contributed by atoms with E-state index in [1.54, 1.807) is 20.0 Å². The number of aromatic nitrogens is 2. The molecule has 1 N–H and O–H groups in total. The molecule has 0 bridgehead atoms. The number of nitrogens with one attached hydrogen (secondary N) is 1. The normalized spacial score (nSPS) is 13.3. The van der Waals surface area contributed by atoms with Crippen molar-refractivity contribution >= 4 is 22.7 Å². The first-order valence-electron chi connectivity index (χ1n) is 12.2. The molecule has 182 valence electrons. The van der Waals surface area contributed by atoms with Crippen LogP contribution in [0.2, 0.25) is 0 Å². The molecule has 2 aromatic carbocycles. The maximum Gasteiger partial charge on any atom is 0.411 e. The smallest absolute Gasteiger partial charge is 0.411 e. The van der Waals surface area contributed by atoms with Crippen LogP contribution in [0, 0.1) is 11.3 Å². The Labute approximate surface area is 210 Å². The second kappa shape index (κ2) is 10.1. The number of carbonyl (C=O) groups is 1. The molecule has 4 aromatic rings. The van der Waals surface area contributed by atoms with Gasteiger partial charge in [-0.1, -0.05) is 18.2 Å². The number of rotatable bonds is 7. The summed E-state index contributed by atoms with van der Waals surface area (Å²) in [5.74, 6) is 0.741. The molecule has 1 aliphatic rings. The Morgan fingerprint density at radius 2 is 1.97 bits per heavy atom. The lowest BCUT2D eigenvalue weighted by molar-refractivity contribution is 0.130. The summed E-state index contributed by atoms with van der Waals surface area (Å²) in [5, 5.41) is 13.8. The highest BCUT2D eigenvalue weighted by Crippen LogP contribution is 2.43. The van der Waals surface area contributed by atoms with Crippen LogP contribution in [-0.2, 0) is 11.3 Å². The Morgan fingerprint density at radius 3 is 2.61 bits per heavy atom. The summed E-state index contributed by atoms with van der Waals surface area (Å²) >= 11 is 0. The van der Waals surface area contributed by atoms with Crippen LogP contribution >= 0.6 is 0 Å². The van der Waals surface area contributed by atoms with Gasteiger partial charge in [0.25, 0.3) is 0 Å². The number of nitrogens with zero attached hydrogens (tertiary/aromatic N) is 3. The fourth-order valence-corrected chi connectivity index (χ4v) is 4.51. The number of hydrogen-bond donors (Lipinski definition) is 1. The zero-order valence-corrected chi connectivity index (χ0v) is 20.4. The summed E-state index contributed by atoms with van der Waals surface area (Å²) < 4.78 is 13.5. The van der Waals surface area contributed by atoms with Gasteiger partial charge in [0.2, 0.25) is 0 Å². The SMILES string of the molecule is CC(C)OC(=O)Nc1ccc(-c2c(C#N)c3ccc(OCc4ccccn4)cc3n2C2CCC2)cc1. The van der Waals surface area contributed by atoms with E-state index in [0.29, 0.717) is 23.9 Å². The first-order chi connectivity index (χ1) is 17.5. The molecule has 1 fully saturated rings. The number of anilines is 1. The standard InChI is InChI=1S/C29H28N4O3/c1-19(2)36-29(34)32-21-11-9-20(10-12-21)28-26(17-30)25-14-13-24(35-18-22-6-3-4-15-31-22)16-27(25)33(28)23-7-5-8-23/h3-4,6,9-16,19,23H,5,7-8,18H2,1-2H3,(H,32,34). The van der Waals surface area contributed by atoms with Crippen LogP contribution in [0.3, 0.4) is 0 Å². The summed E-state index contributed by atoms with van der Waals surface area (Å²) in [6.07, 6.45) is 4.38. The van der Waals surface area contributed by atoms with Crippen molar-refractivity contribution in [2.24, 2.45) is 0 Å². The second-order valence-electron chi connectivity index (χ2n) is 9.24. The lowest BCUT2D eigenvalue weighted by Crippen LogP contribution is -2.18. The zero-order valence-electron chi connectivity index (χ0n) is 20.4. The first-order valence-corrected chi connectivity index (χ1v) is 12.2. The number of amides is 1. The van der Waals surface area contributed by atoms with E-state index in [1.165, 1.54) is 6.42 Å². The molecule has 7 heteroatoms. The fraction of sp³-hybridized carbons (Fsp3) is 0.276. The van der Waals surface area contributed by atoms with Gasteiger partial charge in [-0.15, -0.1) is 0 Å². The fourth-order valence-electron chi connectivity index (χ4n) is 4.51. The van der Waals surface area contributed by atoms with Gasteiger partial charge in [0, 0.05) is 29.4 Å². The molecule has 36 heavy (non-hydrogen) atoms. The minimum absolute atomic E-state index is 0.196. The van der Waals surface area contributed by atoms with E-state index in [0.717, 1.165) is 46.4 Å². The van der Waals surface area contributed by atoms with E-state index in [2.05, 4.69) is 20.9 Å². The molecule has 0 unspecified atom stereocenters. The van der Waals surface area contributed by atoms with Crippen molar-refractivity contribution in [3.8, 4) is 23.1 Å². The summed E-state index contributed by atoms with van der Waals surface area (Å²) in [4.78, 5) is 16.3. The number of ether oxygens (including phenoxy) is 2. The molecule has 0 spiro atoms. The molecule has 0 aliphatic heterocycles. The van der Waals surface area contributed by atoms with Gasteiger partial charge >= 0.3 is 6.09 Å². The zero-order chi connectivity index (χ0) is 25.1. The quantitative estimate of drug-likeness (QED) is 0.313. The molecule has 0 atom stereocenters. The van der Waals surface area contributed by atoms with Gasteiger partial charge in [0.15, 0.2) is 0 Å². The number of fused-ring (bicyclic) bond motifs is 1. The minimum Gasteiger partial charge on any atom is -0.487 e. The molecular formula is C29H28N4O3. The van der Waals surface area contributed by atoms with E-state index in [4.69, 9.17) is 9.47 Å². The van der Waals surface area contributed by atoms with Gasteiger partial charge in [-0.25, -0.2) is 4.79 Å². The van der Waals surface area contributed by atoms with E-state index in [-0.39, 0.29) is 6.10 Å².